The molecule has 1 heterocycles. The largest absolute Gasteiger partial charge is 0.300 e. The molecule has 0 amide bonds. The minimum atomic E-state index is -1.49. The summed E-state index contributed by atoms with van der Waals surface area (Å²) in [5, 5.41) is 3.03. The van der Waals surface area contributed by atoms with Crippen molar-refractivity contribution in [3.8, 4) is 17.1 Å². The molecule has 2 aromatic carbocycles. The maximum atomic E-state index is 4.70. The number of rotatable bonds is 4. The van der Waals surface area contributed by atoms with Crippen molar-refractivity contribution in [2.24, 2.45) is 0 Å². The Bertz CT molecular complexity index is 837. The Morgan fingerprint density at radius 1 is 0.720 bits per heavy atom. The van der Waals surface area contributed by atoms with Crippen molar-refractivity contribution in [1.29, 1.82) is 0 Å². The van der Waals surface area contributed by atoms with Gasteiger partial charge in [-0.2, -0.15) is 0 Å². The van der Waals surface area contributed by atoms with Crippen molar-refractivity contribution in [2.75, 3.05) is 0 Å². The summed E-state index contributed by atoms with van der Waals surface area (Å²) in [4.78, 5) is 4.70. The van der Waals surface area contributed by atoms with Gasteiger partial charge in [-0.1, -0.05) is 87.8 Å². The summed E-state index contributed by atoms with van der Waals surface area (Å²) >= 11 is 0. The van der Waals surface area contributed by atoms with Crippen molar-refractivity contribution >= 4 is 26.5 Å². The number of aromatic nitrogens is 2. The lowest BCUT2D eigenvalue weighted by Crippen LogP contribution is -2.49. The van der Waals surface area contributed by atoms with Crippen LogP contribution in [0.1, 0.15) is 0 Å². The first-order chi connectivity index (χ1) is 11.7. The first kappa shape index (κ1) is 17.9. The third kappa shape index (κ3) is 3.55. The van der Waals surface area contributed by atoms with Crippen LogP contribution in [0.15, 0.2) is 60.9 Å². The molecule has 0 aliphatic heterocycles. The molecule has 0 radical (unpaired) electrons. The molecule has 0 saturated carbocycles. The van der Waals surface area contributed by atoms with E-state index in [-0.39, 0.29) is 0 Å². The summed E-state index contributed by atoms with van der Waals surface area (Å²) in [5.74, 6) is 1.03. The van der Waals surface area contributed by atoms with Gasteiger partial charge in [-0.15, -0.1) is 0 Å². The number of hydrogen-bond acceptors (Lipinski definition) is 1. The first-order valence-corrected chi connectivity index (χ1v) is 15.9. The fourth-order valence-electron chi connectivity index (χ4n) is 3.30. The average Bonchev–Trinajstić information content (AvgIpc) is 3.02. The average molecular weight is 365 g/mol. The summed E-state index contributed by atoms with van der Waals surface area (Å²) in [7, 11) is -2.99. The molecule has 1 aromatic heterocycles. The zero-order valence-corrected chi connectivity index (χ0v) is 18.2. The molecular weight excluding hydrogens is 336 g/mol. The van der Waals surface area contributed by atoms with Crippen molar-refractivity contribution in [1.82, 2.24) is 9.55 Å². The molecule has 0 aliphatic carbocycles. The van der Waals surface area contributed by atoms with Crippen LogP contribution in [0, 0.1) is 0 Å². The lowest BCUT2D eigenvalue weighted by atomic mass is 10.2. The van der Waals surface area contributed by atoms with Gasteiger partial charge in [0.15, 0.2) is 0 Å². The van der Waals surface area contributed by atoms with Crippen molar-refractivity contribution in [3.05, 3.63) is 60.9 Å². The second-order valence-corrected chi connectivity index (χ2v) is 18.8. The molecular formula is C21H28N2Si2. The number of benzene rings is 2. The molecule has 0 unspecified atom stereocenters. The fourth-order valence-corrected chi connectivity index (χ4v) is 6.55. The molecule has 3 aromatic rings. The predicted molar refractivity (Wildman–Crippen MR) is 115 cm³/mol. The van der Waals surface area contributed by atoms with E-state index in [0.717, 1.165) is 5.82 Å². The van der Waals surface area contributed by atoms with Gasteiger partial charge in [-0.3, -0.25) is 0 Å². The van der Waals surface area contributed by atoms with E-state index in [4.69, 9.17) is 4.98 Å². The summed E-state index contributed by atoms with van der Waals surface area (Å²) in [5.41, 5.74) is 2.55. The van der Waals surface area contributed by atoms with Crippen LogP contribution in [0.3, 0.4) is 0 Å². The molecule has 3 rings (SSSR count). The number of nitrogens with zero attached hydrogens (tertiary/aromatic N) is 2. The summed E-state index contributed by atoms with van der Waals surface area (Å²) < 4.78 is 2.33. The Labute approximate surface area is 153 Å². The Balaban J connectivity index is 2.33. The smallest absolute Gasteiger partial charge is 0.144 e. The fraction of sp³-hybridized carbons (Fsp3) is 0.286. The molecule has 130 valence electrons. The van der Waals surface area contributed by atoms with Crippen LogP contribution in [0.4, 0.5) is 0 Å². The molecule has 0 bridgehead atoms. The van der Waals surface area contributed by atoms with E-state index in [2.05, 4.69) is 98.6 Å². The van der Waals surface area contributed by atoms with Crippen LogP contribution in [0.25, 0.3) is 17.1 Å². The highest BCUT2D eigenvalue weighted by Crippen LogP contribution is 2.22. The van der Waals surface area contributed by atoms with E-state index < -0.39 is 16.1 Å². The van der Waals surface area contributed by atoms with Gasteiger partial charge in [-0.05, 0) is 10.4 Å². The van der Waals surface area contributed by atoms with Gasteiger partial charge < -0.3 is 4.57 Å². The maximum absolute atomic E-state index is 4.70. The third-order valence-electron chi connectivity index (χ3n) is 4.57. The van der Waals surface area contributed by atoms with E-state index in [1.807, 2.05) is 6.20 Å². The van der Waals surface area contributed by atoms with Crippen molar-refractivity contribution < 1.29 is 0 Å². The van der Waals surface area contributed by atoms with Crippen LogP contribution in [-0.4, -0.2) is 25.7 Å². The van der Waals surface area contributed by atoms with Crippen molar-refractivity contribution in [3.63, 3.8) is 0 Å². The van der Waals surface area contributed by atoms with Crippen molar-refractivity contribution in [2.45, 2.75) is 39.3 Å². The topological polar surface area (TPSA) is 17.8 Å². The van der Waals surface area contributed by atoms with Crippen LogP contribution in [0.5, 0.6) is 0 Å². The number of imidazole rings is 1. The molecule has 0 aliphatic rings. The minimum Gasteiger partial charge on any atom is -0.300 e. The van der Waals surface area contributed by atoms with Gasteiger partial charge in [-0.25, -0.2) is 4.98 Å². The maximum Gasteiger partial charge on any atom is 0.144 e. The molecule has 0 atom stereocenters. The normalized spacial score (nSPS) is 12.4. The first-order valence-electron chi connectivity index (χ1n) is 8.93. The molecule has 0 N–H and O–H groups in total. The Hall–Kier alpha value is -1.92. The lowest BCUT2D eigenvalue weighted by Gasteiger charge is -2.29. The zero-order valence-electron chi connectivity index (χ0n) is 16.2. The van der Waals surface area contributed by atoms with Gasteiger partial charge in [0.2, 0.25) is 0 Å². The predicted octanol–water partition coefficient (Wildman–Crippen LogP) is 4.63. The number of para-hydroxylation sites is 1. The van der Waals surface area contributed by atoms with Crippen LogP contribution >= 0.6 is 0 Å². The monoisotopic (exact) mass is 364 g/mol. The standard InChI is InChI=1S/C21H28N2Si2/c1-24(2,3)18-13-10-14-19(25(4,5)6)20(18)23-16-15-22-21(23)17-11-8-7-9-12-17/h7-16H,1-6H3. The highest BCUT2D eigenvalue weighted by atomic mass is 28.3. The number of hydrogen-bond donors (Lipinski definition) is 0. The van der Waals surface area contributed by atoms with Gasteiger partial charge >= 0.3 is 0 Å². The van der Waals surface area contributed by atoms with E-state index in [9.17, 15) is 0 Å². The SMILES string of the molecule is C[Si](C)(C)c1cccc([Si](C)(C)C)c1-n1ccnc1-c1ccccc1. The molecule has 0 saturated heterocycles. The minimum absolute atomic E-state index is 1.03. The summed E-state index contributed by atoms with van der Waals surface area (Å²) in [6.07, 6.45) is 4.06. The summed E-state index contributed by atoms with van der Waals surface area (Å²) in [6, 6.07) is 17.4. The van der Waals surface area contributed by atoms with Crippen LogP contribution < -0.4 is 10.4 Å². The van der Waals surface area contributed by atoms with Crippen LogP contribution in [0.2, 0.25) is 39.3 Å². The molecule has 2 nitrogen and oxygen atoms in total. The molecule has 4 heteroatoms. The highest BCUT2D eigenvalue weighted by Gasteiger charge is 2.29. The summed E-state index contributed by atoms with van der Waals surface area (Å²) in [6.45, 7) is 14.6. The van der Waals surface area contributed by atoms with Crippen LogP contribution in [-0.2, 0) is 0 Å². The Kier molecular flexibility index (Phi) is 4.60. The molecule has 25 heavy (non-hydrogen) atoms. The Morgan fingerprint density at radius 2 is 1.28 bits per heavy atom. The molecule has 0 spiro atoms. The lowest BCUT2D eigenvalue weighted by molar-refractivity contribution is 1.08. The van der Waals surface area contributed by atoms with Gasteiger partial charge in [0.25, 0.3) is 0 Å². The van der Waals surface area contributed by atoms with Gasteiger partial charge in [0, 0.05) is 23.6 Å². The van der Waals surface area contributed by atoms with E-state index in [1.54, 1.807) is 0 Å². The van der Waals surface area contributed by atoms with E-state index in [1.165, 1.54) is 21.6 Å². The highest BCUT2D eigenvalue weighted by molar-refractivity contribution is 6.93. The molecule has 0 fully saturated rings. The van der Waals surface area contributed by atoms with Gasteiger partial charge in [0.1, 0.15) is 5.82 Å². The Morgan fingerprint density at radius 3 is 1.80 bits per heavy atom. The third-order valence-corrected chi connectivity index (χ3v) is 8.60. The van der Waals surface area contributed by atoms with Gasteiger partial charge in [0.05, 0.1) is 16.1 Å². The quantitative estimate of drug-likeness (QED) is 0.617. The second-order valence-electron chi connectivity index (χ2n) is 8.69. The van der Waals surface area contributed by atoms with E-state index >= 15 is 0 Å². The van der Waals surface area contributed by atoms with E-state index in [0.29, 0.717) is 0 Å². The second kappa shape index (κ2) is 6.43. The zero-order chi connectivity index (χ0) is 18.2.